The SMILES string of the molecule is NC(=O)c1cc(F)c(N[C@@H]2CCCC[C@@H]2N)nc1Nc1cncc(C2CC2)c1. The van der Waals surface area contributed by atoms with Crippen LogP contribution in [0.25, 0.3) is 0 Å². The van der Waals surface area contributed by atoms with Gasteiger partial charge in [-0.2, -0.15) is 0 Å². The van der Waals surface area contributed by atoms with Crippen molar-refractivity contribution in [2.45, 2.75) is 56.5 Å². The van der Waals surface area contributed by atoms with Crippen LogP contribution in [0.5, 0.6) is 0 Å². The third-order valence-corrected chi connectivity index (χ3v) is 5.45. The average Bonchev–Trinajstić information content (AvgIpc) is 3.51. The monoisotopic (exact) mass is 384 g/mol. The van der Waals surface area contributed by atoms with Crippen molar-refractivity contribution in [1.82, 2.24) is 9.97 Å². The van der Waals surface area contributed by atoms with Crippen LogP contribution in [0.3, 0.4) is 0 Å². The zero-order valence-corrected chi connectivity index (χ0v) is 15.6. The molecule has 0 bridgehead atoms. The molecule has 28 heavy (non-hydrogen) atoms. The highest BCUT2D eigenvalue weighted by molar-refractivity contribution is 5.98. The number of hydrogen-bond acceptors (Lipinski definition) is 6. The Balaban J connectivity index is 1.62. The Bertz CT molecular complexity index is 885. The van der Waals surface area contributed by atoms with Gasteiger partial charge in [0.1, 0.15) is 5.82 Å². The number of rotatable bonds is 6. The largest absolute Gasteiger partial charge is 0.365 e. The quantitative estimate of drug-likeness (QED) is 0.608. The van der Waals surface area contributed by atoms with Crippen LogP contribution in [-0.2, 0) is 0 Å². The molecule has 4 rings (SSSR count). The molecule has 0 radical (unpaired) electrons. The van der Waals surface area contributed by atoms with E-state index in [0.29, 0.717) is 11.6 Å². The van der Waals surface area contributed by atoms with E-state index in [-0.39, 0.29) is 29.3 Å². The molecule has 2 saturated carbocycles. The molecule has 8 heteroatoms. The van der Waals surface area contributed by atoms with Crippen molar-refractivity contribution in [3.8, 4) is 0 Å². The van der Waals surface area contributed by atoms with E-state index < -0.39 is 11.7 Å². The van der Waals surface area contributed by atoms with E-state index in [0.717, 1.165) is 50.2 Å². The lowest BCUT2D eigenvalue weighted by Gasteiger charge is -2.30. The molecule has 0 saturated heterocycles. The van der Waals surface area contributed by atoms with Crippen molar-refractivity contribution in [2.75, 3.05) is 10.6 Å². The van der Waals surface area contributed by atoms with E-state index in [2.05, 4.69) is 20.6 Å². The van der Waals surface area contributed by atoms with Gasteiger partial charge in [0.2, 0.25) is 0 Å². The van der Waals surface area contributed by atoms with E-state index in [1.807, 2.05) is 12.3 Å². The first-order valence-corrected chi connectivity index (χ1v) is 9.75. The molecule has 6 N–H and O–H groups in total. The fourth-order valence-corrected chi connectivity index (χ4v) is 3.69. The summed E-state index contributed by atoms with van der Waals surface area (Å²) >= 11 is 0. The molecular formula is C20H25FN6O. The predicted octanol–water partition coefficient (Wildman–Crippen LogP) is 3.02. The van der Waals surface area contributed by atoms with Crippen molar-refractivity contribution < 1.29 is 9.18 Å². The number of hydrogen-bond donors (Lipinski definition) is 4. The van der Waals surface area contributed by atoms with Crippen LogP contribution in [0.15, 0.2) is 24.5 Å². The van der Waals surface area contributed by atoms with E-state index >= 15 is 0 Å². The minimum absolute atomic E-state index is 0.00665. The minimum Gasteiger partial charge on any atom is -0.365 e. The van der Waals surface area contributed by atoms with Gasteiger partial charge in [0.25, 0.3) is 5.91 Å². The van der Waals surface area contributed by atoms with Crippen molar-refractivity contribution >= 4 is 23.2 Å². The smallest absolute Gasteiger partial charge is 0.252 e. The van der Waals surface area contributed by atoms with Gasteiger partial charge in [0, 0.05) is 18.3 Å². The number of anilines is 3. The molecule has 0 aliphatic heterocycles. The van der Waals surface area contributed by atoms with Crippen molar-refractivity contribution in [3.63, 3.8) is 0 Å². The first-order valence-electron chi connectivity index (χ1n) is 9.75. The highest BCUT2D eigenvalue weighted by atomic mass is 19.1. The summed E-state index contributed by atoms with van der Waals surface area (Å²) in [5.41, 5.74) is 13.4. The number of nitrogens with two attached hydrogens (primary N) is 2. The van der Waals surface area contributed by atoms with Crippen molar-refractivity contribution in [1.29, 1.82) is 0 Å². The Kier molecular flexibility index (Phi) is 5.13. The maximum atomic E-state index is 14.6. The van der Waals surface area contributed by atoms with Crippen LogP contribution in [0.4, 0.5) is 21.7 Å². The molecule has 0 aromatic carbocycles. The molecule has 2 atom stereocenters. The van der Waals surface area contributed by atoms with Gasteiger partial charge in [-0.05, 0) is 49.3 Å². The Morgan fingerprint density at radius 2 is 1.89 bits per heavy atom. The van der Waals surface area contributed by atoms with Crippen molar-refractivity contribution in [2.24, 2.45) is 11.5 Å². The van der Waals surface area contributed by atoms with Crippen LogP contribution < -0.4 is 22.1 Å². The van der Waals surface area contributed by atoms with Gasteiger partial charge in [0.15, 0.2) is 11.6 Å². The highest BCUT2D eigenvalue weighted by Gasteiger charge is 2.26. The van der Waals surface area contributed by atoms with Crippen molar-refractivity contribution in [3.05, 3.63) is 41.5 Å². The molecule has 2 heterocycles. The summed E-state index contributed by atoms with van der Waals surface area (Å²) < 4.78 is 14.6. The Morgan fingerprint density at radius 1 is 1.11 bits per heavy atom. The zero-order chi connectivity index (χ0) is 19.7. The van der Waals surface area contributed by atoms with Crippen LogP contribution in [0.1, 0.15) is 60.4 Å². The van der Waals surface area contributed by atoms with Gasteiger partial charge < -0.3 is 22.1 Å². The van der Waals surface area contributed by atoms with Gasteiger partial charge in [-0.1, -0.05) is 12.8 Å². The molecule has 7 nitrogen and oxygen atoms in total. The lowest BCUT2D eigenvalue weighted by atomic mass is 9.91. The van der Waals surface area contributed by atoms with Crippen LogP contribution in [0, 0.1) is 5.82 Å². The summed E-state index contributed by atoms with van der Waals surface area (Å²) in [4.78, 5) is 20.4. The number of halogens is 1. The van der Waals surface area contributed by atoms with Gasteiger partial charge in [0.05, 0.1) is 17.4 Å². The van der Waals surface area contributed by atoms with E-state index in [4.69, 9.17) is 11.5 Å². The molecular weight excluding hydrogens is 359 g/mol. The molecule has 2 aliphatic carbocycles. The number of amides is 1. The molecule has 2 fully saturated rings. The number of aromatic nitrogens is 2. The number of nitrogens with zero attached hydrogens (tertiary/aromatic N) is 2. The summed E-state index contributed by atoms with van der Waals surface area (Å²) in [6, 6.07) is 2.99. The molecule has 0 unspecified atom stereocenters. The average molecular weight is 384 g/mol. The molecule has 1 amide bonds. The first-order chi connectivity index (χ1) is 13.5. The van der Waals surface area contributed by atoms with E-state index in [1.54, 1.807) is 6.20 Å². The fourth-order valence-electron chi connectivity index (χ4n) is 3.69. The van der Waals surface area contributed by atoms with Gasteiger partial charge in [-0.15, -0.1) is 0 Å². The number of primary amides is 1. The second-order valence-corrected chi connectivity index (χ2v) is 7.68. The topological polar surface area (TPSA) is 119 Å². The van der Waals surface area contributed by atoms with Crippen LogP contribution >= 0.6 is 0 Å². The van der Waals surface area contributed by atoms with Crippen LogP contribution in [0.2, 0.25) is 0 Å². The molecule has 0 spiro atoms. The first kappa shape index (κ1) is 18.6. The Morgan fingerprint density at radius 3 is 2.61 bits per heavy atom. The normalized spacial score (nSPS) is 21.9. The third-order valence-electron chi connectivity index (χ3n) is 5.45. The lowest BCUT2D eigenvalue weighted by Crippen LogP contribution is -2.43. The lowest BCUT2D eigenvalue weighted by molar-refractivity contribution is 0.100. The Hall–Kier alpha value is -2.74. The van der Waals surface area contributed by atoms with Crippen LogP contribution in [-0.4, -0.2) is 28.0 Å². The van der Waals surface area contributed by atoms with Gasteiger partial charge >= 0.3 is 0 Å². The summed E-state index contributed by atoms with van der Waals surface area (Å²) in [6.45, 7) is 0. The molecule has 2 aromatic rings. The summed E-state index contributed by atoms with van der Waals surface area (Å²) in [5.74, 6) is -0.559. The summed E-state index contributed by atoms with van der Waals surface area (Å²) in [6.07, 6.45) is 9.66. The Labute approximate surface area is 163 Å². The zero-order valence-electron chi connectivity index (χ0n) is 15.6. The predicted molar refractivity (Wildman–Crippen MR) is 106 cm³/mol. The maximum absolute atomic E-state index is 14.6. The second kappa shape index (κ2) is 7.71. The number of carbonyl (C=O) groups excluding carboxylic acids is 1. The van der Waals surface area contributed by atoms with Gasteiger partial charge in [-0.3, -0.25) is 9.78 Å². The fraction of sp³-hybridized carbons (Fsp3) is 0.450. The highest BCUT2D eigenvalue weighted by Crippen LogP contribution is 2.40. The maximum Gasteiger partial charge on any atom is 0.252 e. The number of nitrogens with one attached hydrogen (secondary N) is 2. The summed E-state index contributed by atoms with van der Waals surface area (Å²) in [5, 5.41) is 6.19. The molecule has 2 aromatic heterocycles. The third kappa shape index (κ3) is 4.06. The summed E-state index contributed by atoms with van der Waals surface area (Å²) in [7, 11) is 0. The van der Waals surface area contributed by atoms with E-state index in [1.165, 1.54) is 0 Å². The number of carbonyl (C=O) groups is 1. The van der Waals surface area contributed by atoms with Gasteiger partial charge in [-0.25, -0.2) is 9.37 Å². The number of pyridine rings is 2. The standard InChI is InChI=1S/C20H25FN6O/c21-15-8-14(18(23)28)19(25-13-7-12(9-24-10-13)11-5-6-11)27-20(15)26-17-4-2-1-3-16(17)22/h7-11,16-17H,1-6,22H2,(H2,23,28)(H2,25,26,27)/t16-,17+/m0/s1. The minimum atomic E-state index is -0.749. The second-order valence-electron chi connectivity index (χ2n) is 7.68. The molecule has 2 aliphatic rings. The van der Waals surface area contributed by atoms with E-state index in [9.17, 15) is 9.18 Å². The molecule has 148 valence electrons.